The minimum atomic E-state index is -0.881. The Morgan fingerprint density at radius 3 is 2.79 bits per heavy atom. The number of nitrogens with two attached hydrogens (primary N) is 1. The number of carbonyl (C=O) groups excluding carboxylic acids is 2. The zero-order valence-corrected chi connectivity index (χ0v) is 19.8. The van der Waals surface area contributed by atoms with Crippen molar-refractivity contribution in [1.29, 1.82) is 0 Å². The number of amidine groups is 1. The molecule has 1 fully saturated rings. The lowest BCUT2D eigenvalue weighted by Gasteiger charge is -2.22. The summed E-state index contributed by atoms with van der Waals surface area (Å²) in [5.74, 6) is -2.24. The Balaban J connectivity index is 2.01. The molecular formula is C21H30ClFN6O3S. The molecule has 1 aliphatic carbocycles. The van der Waals surface area contributed by atoms with Gasteiger partial charge in [0.15, 0.2) is 16.9 Å². The van der Waals surface area contributed by atoms with E-state index in [4.69, 9.17) is 17.3 Å². The number of allylic oxidation sites excluding steroid dienone is 1. The predicted octanol–water partition coefficient (Wildman–Crippen LogP) is 2.75. The Hall–Kier alpha value is -2.63. The highest BCUT2D eigenvalue weighted by Gasteiger charge is 2.27. The van der Waals surface area contributed by atoms with E-state index in [1.165, 1.54) is 0 Å². The Morgan fingerprint density at radius 2 is 2.18 bits per heavy atom. The zero-order valence-electron chi connectivity index (χ0n) is 18.2. The Morgan fingerprint density at radius 1 is 1.45 bits per heavy atom. The van der Waals surface area contributed by atoms with E-state index in [-0.39, 0.29) is 18.7 Å². The highest BCUT2D eigenvalue weighted by atomic mass is 35.5. The lowest BCUT2D eigenvalue weighted by molar-refractivity contribution is -0.155. The van der Waals surface area contributed by atoms with Gasteiger partial charge in [0.05, 0.1) is 18.2 Å². The van der Waals surface area contributed by atoms with Gasteiger partial charge in [-0.3, -0.25) is 25.6 Å². The van der Waals surface area contributed by atoms with E-state index < -0.39 is 28.8 Å². The van der Waals surface area contributed by atoms with E-state index in [9.17, 15) is 19.2 Å². The summed E-state index contributed by atoms with van der Waals surface area (Å²) in [6.07, 6.45) is 5.51. The molecule has 1 saturated carbocycles. The fourth-order valence-electron chi connectivity index (χ4n) is 3.66. The molecular weight excluding hydrogens is 471 g/mol. The summed E-state index contributed by atoms with van der Waals surface area (Å²) in [6, 6.07) is 1.97. The number of halogens is 2. The molecule has 0 aliphatic heterocycles. The van der Waals surface area contributed by atoms with Crippen LogP contribution < -0.4 is 21.9 Å². The molecule has 9 nitrogen and oxygen atoms in total. The Bertz CT molecular complexity index is 854. The molecule has 0 bridgehead atoms. The van der Waals surface area contributed by atoms with Crippen LogP contribution in [-0.4, -0.2) is 41.0 Å². The molecule has 33 heavy (non-hydrogen) atoms. The van der Waals surface area contributed by atoms with Crippen LogP contribution in [0.3, 0.4) is 0 Å². The molecule has 2 rings (SSSR count). The fraction of sp³-hybridized carbons (Fsp3) is 0.476. The third kappa shape index (κ3) is 9.40. The summed E-state index contributed by atoms with van der Waals surface area (Å²) in [5.41, 5.74) is 11.2. The number of nitrogens with zero attached hydrogens (tertiary/aromatic N) is 2. The second-order valence-electron chi connectivity index (χ2n) is 7.81. The maximum atomic E-state index is 14.9. The normalized spacial score (nSPS) is 16.0. The van der Waals surface area contributed by atoms with Gasteiger partial charge in [0.2, 0.25) is 12.3 Å². The van der Waals surface area contributed by atoms with E-state index in [1.807, 2.05) is 16.8 Å². The van der Waals surface area contributed by atoms with Crippen LogP contribution in [0.1, 0.15) is 37.7 Å². The van der Waals surface area contributed by atoms with E-state index >= 15 is 0 Å². The molecule has 1 aliphatic rings. The highest BCUT2D eigenvalue weighted by Crippen LogP contribution is 2.30. The van der Waals surface area contributed by atoms with Gasteiger partial charge >= 0.3 is 0 Å². The standard InChI is InChI=1S/C21H30ClFN6O3S/c1-14(25-8-6-16-7-9-33-12-16)18(23)19(26-21(22)24)27-28-20(31)17(11-29(32)13-30)10-15-4-2-3-5-15/h7,9,12-13,15,17,25,27,32H,1-6,8,10-11H2,(H2,24,26)(H,28,31)/b19-18-/t17-/m1/s1. The summed E-state index contributed by atoms with van der Waals surface area (Å²) in [6.45, 7) is 3.90. The molecule has 1 aromatic rings. The summed E-state index contributed by atoms with van der Waals surface area (Å²) in [4.78, 5) is 27.3. The first-order chi connectivity index (χ1) is 15.8. The van der Waals surface area contributed by atoms with Crippen molar-refractivity contribution < 1.29 is 19.2 Å². The lowest BCUT2D eigenvalue weighted by Crippen LogP contribution is -2.44. The maximum absolute atomic E-state index is 14.9. The van der Waals surface area contributed by atoms with Crippen molar-refractivity contribution >= 4 is 40.5 Å². The van der Waals surface area contributed by atoms with Crippen LogP contribution in [0.4, 0.5) is 4.39 Å². The summed E-state index contributed by atoms with van der Waals surface area (Å²) in [5, 5.41) is 16.4. The number of aliphatic imine (C=N–C) groups is 1. The average molecular weight is 501 g/mol. The maximum Gasteiger partial charge on any atom is 0.243 e. The number of carbonyl (C=O) groups is 2. The van der Waals surface area contributed by atoms with Gasteiger partial charge in [-0.1, -0.05) is 32.3 Å². The number of nitrogens with one attached hydrogen (secondary N) is 3. The van der Waals surface area contributed by atoms with Crippen LogP contribution in [-0.2, 0) is 16.0 Å². The van der Waals surface area contributed by atoms with Crippen LogP contribution in [0.5, 0.6) is 0 Å². The van der Waals surface area contributed by atoms with Crippen LogP contribution >= 0.6 is 22.9 Å². The number of hydrazine groups is 1. The number of hydroxylamine groups is 2. The molecule has 1 aromatic heterocycles. The van der Waals surface area contributed by atoms with Crippen LogP contribution in [0.15, 0.2) is 45.7 Å². The SMILES string of the molecule is C=C(NCCc1ccsc1)/C(F)=C(\N=C(N)Cl)NNC(=O)[C@H](CC1CCCC1)CN(O)C=O. The first-order valence-electron chi connectivity index (χ1n) is 10.6. The number of hydrogen-bond donors (Lipinski definition) is 5. The molecule has 1 heterocycles. The summed E-state index contributed by atoms with van der Waals surface area (Å²) < 4.78 is 14.9. The lowest BCUT2D eigenvalue weighted by atomic mass is 9.92. The Labute approximate surface area is 201 Å². The molecule has 182 valence electrons. The van der Waals surface area contributed by atoms with Crippen LogP contribution in [0, 0.1) is 11.8 Å². The monoisotopic (exact) mass is 500 g/mol. The number of thiophene rings is 1. The second-order valence-corrected chi connectivity index (χ2v) is 8.98. The summed E-state index contributed by atoms with van der Waals surface area (Å²) >= 11 is 7.19. The summed E-state index contributed by atoms with van der Waals surface area (Å²) in [7, 11) is 0. The molecule has 2 amide bonds. The van der Waals surface area contributed by atoms with Crippen LogP contribution in [0.2, 0.25) is 0 Å². The van der Waals surface area contributed by atoms with Gasteiger partial charge in [-0.25, -0.2) is 9.45 Å². The van der Waals surface area contributed by atoms with E-state index in [2.05, 4.69) is 27.7 Å². The third-order valence-electron chi connectivity index (χ3n) is 5.32. The number of hydrogen-bond acceptors (Lipinski definition) is 7. The zero-order chi connectivity index (χ0) is 24.2. The largest absolute Gasteiger partial charge is 0.383 e. The molecule has 0 spiro atoms. The highest BCUT2D eigenvalue weighted by molar-refractivity contribution is 7.07. The Kier molecular flexibility index (Phi) is 11.1. The van der Waals surface area contributed by atoms with Crippen molar-refractivity contribution in [3.63, 3.8) is 0 Å². The first kappa shape index (κ1) is 26.6. The molecule has 0 saturated heterocycles. The smallest absolute Gasteiger partial charge is 0.243 e. The average Bonchev–Trinajstić information content (AvgIpc) is 3.49. The molecule has 6 N–H and O–H groups in total. The van der Waals surface area contributed by atoms with Gasteiger partial charge in [0.25, 0.3) is 0 Å². The third-order valence-corrected chi connectivity index (χ3v) is 6.14. The van der Waals surface area contributed by atoms with Crippen molar-refractivity contribution in [2.24, 2.45) is 22.6 Å². The van der Waals surface area contributed by atoms with Gasteiger partial charge in [-0.05, 0) is 52.8 Å². The van der Waals surface area contributed by atoms with Crippen LogP contribution in [0.25, 0.3) is 0 Å². The molecule has 0 unspecified atom stereocenters. The van der Waals surface area contributed by atoms with Gasteiger partial charge < -0.3 is 11.1 Å². The topological polar surface area (TPSA) is 132 Å². The van der Waals surface area contributed by atoms with Crippen molar-refractivity contribution in [3.05, 3.63) is 46.3 Å². The molecule has 12 heteroatoms. The molecule has 0 aromatic carbocycles. The van der Waals surface area contributed by atoms with Crippen molar-refractivity contribution in [2.75, 3.05) is 13.1 Å². The van der Waals surface area contributed by atoms with E-state index in [0.29, 0.717) is 30.4 Å². The van der Waals surface area contributed by atoms with Gasteiger partial charge in [0, 0.05) is 6.54 Å². The quantitative estimate of drug-likeness (QED) is 0.0507. The van der Waals surface area contributed by atoms with Crippen molar-refractivity contribution in [3.8, 4) is 0 Å². The van der Waals surface area contributed by atoms with Crippen molar-refractivity contribution in [1.82, 2.24) is 21.2 Å². The number of rotatable bonds is 14. The molecule has 1 atom stereocenters. The van der Waals surface area contributed by atoms with E-state index in [0.717, 1.165) is 31.2 Å². The van der Waals surface area contributed by atoms with E-state index in [1.54, 1.807) is 11.3 Å². The van der Waals surface area contributed by atoms with Gasteiger partial charge in [-0.15, -0.1) is 0 Å². The first-order valence-corrected chi connectivity index (χ1v) is 11.9. The van der Waals surface area contributed by atoms with Gasteiger partial charge in [-0.2, -0.15) is 16.3 Å². The van der Waals surface area contributed by atoms with Gasteiger partial charge in [0.1, 0.15) is 0 Å². The molecule has 0 radical (unpaired) electrons. The minimum absolute atomic E-state index is 0.0614. The minimum Gasteiger partial charge on any atom is -0.383 e. The predicted molar refractivity (Wildman–Crippen MR) is 127 cm³/mol. The number of amides is 2. The van der Waals surface area contributed by atoms with Crippen molar-refractivity contribution in [2.45, 2.75) is 38.5 Å². The fourth-order valence-corrected chi connectivity index (χ4v) is 4.44. The second kappa shape index (κ2) is 13.8.